The fourth-order valence-electron chi connectivity index (χ4n) is 2.73. The lowest BCUT2D eigenvalue weighted by Gasteiger charge is -2.19. The van der Waals surface area contributed by atoms with Gasteiger partial charge in [-0.05, 0) is 37.5 Å². The van der Waals surface area contributed by atoms with E-state index in [9.17, 15) is 9.59 Å². The molecule has 3 heterocycles. The highest BCUT2D eigenvalue weighted by Crippen LogP contribution is 2.15. The summed E-state index contributed by atoms with van der Waals surface area (Å²) in [6, 6.07) is 5.22. The Labute approximate surface area is 145 Å². The lowest BCUT2D eigenvalue weighted by atomic mass is 10.1. The number of amides is 2. The number of carbonyl (C=O) groups is 2. The minimum atomic E-state index is -0.737. The summed E-state index contributed by atoms with van der Waals surface area (Å²) in [5.74, 6) is -1.09. The van der Waals surface area contributed by atoms with Crippen molar-refractivity contribution >= 4 is 17.6 Å². The molecule has 2 aromatic heterocycles. The number of rotatable bonds is 5. The van der Waals surface area contributed by atoms with Crippen LogP contribution in [0.15, 0.2) is 36.8 Å². The average Bonchev–Trinajstić information content (AvgIpc) is 3.28. The maximum Gasteiger partial charge on any atom is 0.314 e. The molecule has 3 rings (SSSR count). The van der Waals surface area contributed by atoms with Gasteiger partial charge in [-0.25, -0.2) is 0 Å². The van der Waals surface area contributed by atoms with E-state index in [0.29, 0.717) is 19.0 Å². The lowest BCUT2D eigenvalue weighted by Crippen LogP contribution is -2.45. The summed E-state index contributed by atoms with van der Waals surface area (Å²) < 4.78 is 7.19. The molecule has 0 saturated carbocycles. The zero-order valence-corrected chi connectivity index (χ0v) is 14.0. The second kappa shape index (κ2) is 7.89. The van der Waals surface area contributed by atoms with Gasteiger partial charge < -0.3 is 15.4 Å². The number of hydrogen-bond donors (Lipinski definition) is 2. The van der Waals surface area contributed by atoms with Crippen molar-refractivity contribution in [3.8, 4) is 0 Å². The molecule has 1 aliphatic rings. The fourth-order valence-corrected chi connectivity index (χ4v) is 2.73. The largest absolute Gasteiger partial charge is 0.376 e. The molecule has 2 N–H and O–H groups in total. The Morgan fingerprint density at radius 1 is 1.32 bits per heavy atom. The lowest BCUT2D eigenvalue weighted by molar-refractivity contribution is -0.137. The number of carbonyl (C=O) groups excluding carboxylic acids is 2. The molecule has 1 aliphatic heterocycles. The Bertz CT molecular complexity index is 725. The molecule has 2 atom stereocenters. The van der Waals surface area contributed by atoms with Crippen LogP contribution in [0.1, 0.15) is 25.3 Å². The molecule has 2 aromatic rings. The van der Waals surface area contributed by atoms with Gasteiger partial charge in [-0.1, -0.05) is 0 Å². The first-order valence-corrected chi connectivity index (χ1v) is 8.27. The van der Waals surface area contributed by atoms with Gasteiger partial charge in [-0.15, -0.1) is 0 Å². The van der Waals surface area contributed by atoms with Crippen molar-refractivity contribution in [1.29, 1.82) is 0 Å². The third-order valence-electron chi connectivity index (χ3n) is 4.06. The van der Waals surface area contributed by atoms with Crippen LogP contribution in [0.5, 0.6) is 0 Å². The van der Waals surface area contributed by atoms with Gasteiger partial charge in [0.05, 0.1) is 18.7 Å². The molecule has 132 valence electrons. The monoisotopic (exact) mass is 343 g/mol. The third-order valence-corrected chi connectivity index (χ3v) is 4.06. The summed E-state index contributed by atoms with van der Waals surface area (Å²) in [6.07, 6.45) is 7.00. The van der Waals surface area contributed by atoms with Crippen LogP contribution < -0.4 is 10.6 Å². The molecule has 1 saturated heterocycles. The highest BCUT2D eigenvalue weighted by Gasteiger charge is 2.26. The zero-order chi connectivity index (χ0) is 17.6. The summed E-state index contributed by atoms with van der Waals surface area (Å²) in [7, 11) is 0. The first-order valence-electron chi connectivity index (χ1n) is 8.27. The van der Waals surface area contributed by atoms with Crippen LogP contribution in [0.2, 0.25) is 0 Å². The van der Waals surface area contributed by atoms with E-state index in [1.807, 2.05) is 19.1 Å². The average molecular weight is 343 g/mol. The minimum absolute atomic E-state index is 0.0312. The van der Waals surface area contributed by atoms with Crippen LogP contribution in [0, 0.1) is 0 Å². The zero-order valence-electron chi connectivity index (χ0n) is 14.0. The maximum absolute atomic E-state index is 12.0. The van der Waals surface area contributed by atoms with Gasteiger partial charge in [0.15, 0.2) is 5.82 Å². The number of ether oxygens (including phenoxy) is 1. The molecule has 25 heavy (non-hydrogen) atoms. The van der Waals surface area contributed by atoms with E-state index in [-0.39, 0.29) is 12.1 Å². The number of nitrogens with zero attached hydrogens (tertiary/aromatic N) is 3. The number of anilines is 1. The van der Waals surface area contributed by atoms with Crippen molar-refractivity contribution in [3.63, 3.8) is 0 Å². The van der Waals surface area contributed by atoms with Crippen molar-refractivity contribution < 1.29 is 14.3 Å². The van der Waals surface area contributed by atoms with Gasteiger partial charge in [0.25, 0.3) is 0 Å². The smallest absolute Gasteiger partial charge is 0.314 e. The van der Waals surface area contributed by atoms with E-state index in [4.69, 9.17) is 4.74 Å². The van der Waals surface area contributed by atoms with Gasteiger partial charge in [0, 0.05) is 31.3 Å². The predicted molar refractivity (Wildman–Crippen MR) is 90.8 cm³/mol. The van der Waals surface area contributed by atoms with E-state index in [1.165, 1.54) is 0 Å². The van der Waals surface area contributed by atoms with Crippen LogP contribution in [0.3, 0.4) is 0 Å². The van der Waals surface area contributed by atoms with Gasteiger partial charge >= 0.3 is 11.8 Å². The first-order chi connectivity index (χ1) is 12.1. The van der Waals surface area contributed by atoms with Crippen molar-refractivity contribution in [1.82, 2.24) is 20.1 Å². The molecule has 0 aromatic carbocycles. The van der Waals surface area contributed by atoms with E-state index in [0.717, 1.165) is 18.4 Å². The standard InChI is InChI=1S/C17H21N5O3/c1-12(14-3-2-10-25-14)19-16(23)17(24)20-15-6-9-22(21-15)11-13-4-7-18-8-5-13/h4-9,12,14H,2-3,10-11H2,1H3,(H,19,23)(H,20,21,24)/t12-,14-/m0/s1. The molecule has 8 nitrogen and oxygen atoms in total. The summed E-state index contributed by atoms with van der Waals surface area (Å²) in [5, 5.41) is 9.42. The molecule has 0 bridgehead atoms. The molecule has 0 radical (unpaired) electrons. The molecular formula is C17H21N5O3. The molecule has 0 spiro atoms. The summed E-state index contributed by atoms with van der Waals surface area (Å²) in [6.45, 7) is 3.09. The van der Waals surface area contributed by atoms with Crippen LogP contribution >= 0.6 is 0 Å². The van der Waals surface area contributed by atoms with Crippen LogP contribution in [-0.4, -0.2) is 45.3 Å². The maximum atomic E-state index is 12.0. The van der Waals surface area contributed by atoms with E-state index in [2.05, 4.69) is 20.7 Å². The van der Waals surface area contributed by atoms with E-state index in [1.54, 1.807) is 29.3 Å². The molecule has 0 aliphatic carbocycles. The molecular weight excluding hydrogens is 322 g/mol. The van der Waals surface area contributed by atoms with Gasteiger partial charge in [0.2, 0.25) is 0 Å². The van der Waals surface area contributed by atoms with Crippen molar-refractivity contribution in [2.45, 2.75) is 38.5 Å². The third kappa shape index (κ3) is 4.63. The number of aromatic nitrogens is 3. The summed E-state index contributed by atoms with van der Waals surface area (Å²) in [4.78, 5) is 28.0. The highest BCUT2D eigenvalue weighted by atomic mass is 16.5. The van der Waals surface area contributed by atoms with Gasteiger partial charge in [0.1, 0.15) is 0 Å². The molecule has 2 amide bonds. The second-order valence-corrected chi connectivity index (χ2v) is 6.02. The number of hydrogen-bond acceptors (Lipinski definition) is 5. The number of pyridine rings is 1. The Hall–Kier alpha value is -2.74. The quantitative estimate of drug-likeness (QED) is 0.788. The van der Waals surface area contributed by atoms with Crippen LogP contribution in [-0.2, 0) is 20.9 Å². The fraction of sp³-hybridized carbons (Fsp3) is 0.412. The highest BCUT2D eigenvalue weighted by molar-refractivity contribution is 6.39. The van der Waals surface area contributed by atoms with Crippen molar-refractivity contribution in [3.05, 3.63) is 42.4 Å². The first kappa shape index (κ1) is 17.1. The molecule has 0 unspecified atom stereocenters. The summed E-state index contributed by atoms with van der Waals surface area (Å²) in [5.41, 5.74) is 1.04. The van der Waals surface area contributed by atoms with Gasteiger partial charge in [-0.2, -0.15) is 5.10 Å². The molecule has 8 heteroatoms. The van der Waals surface area contributed by atoms with Crippen LogP contribution in [0.25, 0.3) is 0 Å². The van der Waals surface area contributed by atoms with E-state index >= 15 is 0 Å². The predicted octanol–water partition coefficient (Wildman–Crippen LogP) is 0.949. The SMILES string of the molecule is C[C@H](NC(=O)C(=O)Nc1ccn(Cc2ccncc2)n1)[C@@H]1CCCO1. The second-order valence-electron chi connectivity index (χ2n) is 6.02. The molecule has 1 fully saturated rings. The van der Waals surface area contributed by atoms with E-state index < -0.39 is 11.8 Å². The Balaban J connectivity index is 1.51. The Kier molecular flexibility index (Phi) is 5.39. The van der Waals surface area contributed by atoms with Crippen molar-refractivity contribution in [2.75, 3.05) is 11.9 Å². The Morgan fingerprint density at radius 2 is 2.12 bits per heavy atom. The topological polar surface area (TPSA) is 98.1 Å². The van der Waals surface area contributed by atoms with Crippen LogP contribution in [0.4, 0.5) is 5.82 Å². The minimum Gasteiger partial charge on any atom is -0.376 e. The normalized spacial score (nSPS) is 17.9. The Morgan fingerprint density at radius 3 is 2.84 bits per heavy atom. The van der Waals surface area contributed by atoms with Crippen molar-refractivity contribution in [2.24, 2.45) is 0 Å². The number of nitrogens with one attached hydrogen (secondary N) is 2. The summed E-state index contributed by atoms with van der Waals surface area (Å²) >= 11 is 0. The van der Waals surface area contributed by atoms with Gasteiger partial charge in [-0.3, -0.25) is 19.3 Å².